The third-order valence-electron chi connectivity index (χ3n) is 2.63. The molecule has 0 radical (unpaired) electrons. The van der Waals surface area contributed by atoms with Gasteiger partial charge < -0.3 is 5.73 Å². The van der Waals surface area contributed by atoms with Gasteiger partial charge in [0.05, 0.1) is 16.6 Å². The molecule has 0 saturated heterocycles. The number of carbonyl (C=O) groups is 1. The maximum absolute atomic E-state index is 12.3. The maximum Gasteiger partial charge on any atom is 0.401 e. The maximum atomic E-state index is 12.3. The summed E-state index contributed by atoms with van der Waals surface area (Å²) in [6, 6.07) is 4.32. The second-order valence-electron chi connectivity index (χ2n) is 4.06. The van der Waals surface area contributed by atoms with Gasteiger partial charge in [0.2, 0.25) is 5.91 Å². The van der Waals surface area contributed by atoms with E-state index in [1.54, 1.807) is 0 Å². The minimum Gasteiger partial charge on any atom is -0.368 e. The Morgan fingerprint density at radius 1 is 1.37 bits per heavy atom. The summed E-state index contributed by atoms with van der Waals surface area (Å²) in [7, 11) is 0. The van der Waals surface area contributed by atoms with Crippen molar-refractivity contribution in [3.8, 4) is 0 Å². The van der Waals surface area contributed by atoms with Gasteiger partial charge in [-0.15, -0.1) is 0 Å². The number of carbonyl (C=O) groups excluding carboxylic acids is 1. The Morgan fingerprint density at radius 2 is 1.95 bits per heavy atom. The molecular formula is C11H11Cl2F3N2O. The molecule has 106 valence electrons. The van der Waals surface area contributed by atoms with E-state index in [2.05, 4.69) is 5.32 Å². The first kappa shape index (κ1) is 16.1. The van der Waals surface area contributed by atoms with Gasteiger partial charge in [-0.1, -0.05) is 35.3 Å². The third-order valence-corrected chi connectivity index (χ3v) is 3.44. The number of amides is 1. The van der Waals surface area contributed by atoms with Gasteiger partial charge in [-0.25, -0.2) is 0 Å². The van der Waals surface area contributed by atoms with Crippen LogP contribution >= 0.6 is 23.2 Å². The lowest BCUT2D eigenvalue weighted by Gasteiger charge is -2.29. The number of rotatable bonds is 4. The van der Waals surface area contributed by atoms with Gasteiger partial charge in [-0.2, -0.15) is 13.2 Å². The molecule has 19 heavy (non-hydrogen) atoms. The Morgan fingerprint density at radius 3 is 2.42 bits per heavy atom. The summed E-state index contributed by atoms with van der Waals surface area (Å²) >= 11 is 11.7. The van der Waals surface area contributed by atoms with E-state index >= 15 is 0 Å². The zero-order valence-electron chi connectivity index (χ0n) is 9.81. The van der Waals surface area contributed by atoms with Gasteiger partial charge in [0, 0.05) is 5.56 Å². The molecule has 0 aliphatic carbocycles. The molecule has 0 fully saturated rings. The van der Waals surface area contributed by atoms with Crippen LogP contribution in [0.15, 0.2) is 18.2 Å². The second-order valence-corrected chi connectivity index (χ2v) is 4.84. The average molecular weight is 315 g/mol. The largest absolute Gasteiger partial charge is 0.401 e. The fourth-order valence-corrected chi connectivity index (χ4v) is 1.97. The monoisotopic (exact) mass is 314 g/mol. The fraction of sp³-hybridized carbons (Fsp3) is 0.364. The van der Waals surface area contributed by atoms with E-state index in [9.17, 15) is 18.0 Å². The highest BCUT2D eigenvalue weighted by Crippen LogP contribution is 2.33. The van der Waals surface area contributed by atoms with Crippen molar-refractivity contribution < 1.29 is 18.0 Å². The van der Waals surface area contributed by atoms with Crippen LogP contribution in [-0.2, 0) is 10.3 Å². The molecule has 1 aromatic carbocycles. The number of primary amides is 1. The van der Waals surface area contributed by atoms with Crippen molar-refractivity contribution in [3.05, 3.63) is 33.8 Å². The summed E-state index contributed by atoms with van der Waals surface area (Å²) in [5.74, 6) is -0.985. The molecule has 0 bridgehead atoms. The number of alkyl halides is 3. The number of benzene rings is 1. The van der Waals surface area contributed by atoms with Gasteiger partial charge in [0.15, 0.2) is 0 Å². The van der Waals surface area contributed by atoms with Crippen LogP contribution in [0.4, 0.5) is 13.2 Å². The highest BCUT2D eigenvalue weighted by atomic mass is 35.5. The molecule has 3 nitrogen and oxygen atoms in total. The Kier molecular flexibility index (Phi) is 4.71. The molecule has 8 heteroatoms. The van der Waals surface area contributed by atoms with Crippen LogP contribution < -0.4 is 11.1 Å². The lowest BCUT2D eigenvalue weighted by Crippen LogP contribution is -2.53. The molecular weight excluding hydrogens is 304 g/mol. The number of hydrogen-bond acceptors (Lipinski definition) is 2. The lowest BCUT2D eigenvalue weighted by atomic mass is 9.91. The molecule has 0 aliphatic rings. The first-order valence-electron chi connectivity index (χ1n) is 5.14. The zero-order valence-corrected chi connectivity index (χ0v) is 11.3. The van der Waals surface area contributed by atoms with E-state index < -0.39 is 24.2 Å². The highest BCUT2D eigenvalue weighted by molar-refractivity contribution is 6.42. The van der Waals surface area contributed by atoms with Crippen molar-refractivity contribution in [2.24, 2.45) is 5.73 Å². The van der Waals surface area contributed by atoms with Crippen LogP contribution in [0, 0.1) is 0 Å². The molecule has 1 aromatic rings. The fourth-order valence-electron chi connectivity index (χ4n) is 1.48. The SMILES string of the molecule is CC(NCC(F)(F)F)(C(N)=O)c1cccc(Cl)c1Cl. The summed E-state index contributed by atoms with van der Waals surface area (Å²) in [4.78, 5) is 11.5. The molecule has 1 rings (SSSR count). The second kappa shape index (κ2) is 5.56. The topological polar surface area (TPSA) is 55.1 Å². The van der Waals surface area contributed by atoms with E-state index in [0.29, 0.717) is 0 Å². The van der Waals surface area contributed by atoms with Crippen LogP contribution in [-0.4, -0.2) is 18.6 Å². The first-order chi connectivity index (χ1) is 8.58. The minimum atomic E-state index is -4.48. The van der Waals surface area contributed by atoms with Crippen LogP contribution in [0.5, 0.6) is 0 Å². The normalized spacial score (nSPS) is 15.1. The smallest absolute Gasteiger partial charge is 0.368 e. The van der Waals surface area contributed by atoms with E-state index in [1.165, 1.54) is 25.1 Å². The van der Waals surface area contributed by atoms with Gasteiger partial charge in [-0.05, 0) is 13.0 Å². The minimum absolute atomic E-state index is 0.0138. The summed E-state index contributed by atoms with van der Waals surface area (Å²) in [6.07, 6.45) is -4.48. The van der Waals surface area contributed by atoms with E-state index in [1.807, 2.05) is 0 Å². The summed E-state index contributed by atoms with van der Waals surface area (Å²) in [5, 5.41) is 2.19. The molecule has 1 atom stereocenters. The van der Waals surface area contributed by atoms with Gasteiger partial charge in [0.25, 0.3) is 0 Å². The number of nitrogens with two attached hydrogens (primary N) is 1. The Bertz CT molecular complexity index is 493. The van der Waals surface area contributed by atoms with E-state index in [0.717, 1.165) is 0 Å². The van der Waals surface area contributed by atoms with Crippen LogP contribution in [0.25, 0.3) is 0 Å². The zero-order chi connectivity index (χ0) is 14.8. The van der Waals surface area contributed by atoms with Crippen LogP contribution in [0.2, 0.25) is 10.0 Å². The molecule has 3 N–H and O–H groups in total. The molecule has 1 unspecified atom stereocenters. The number of halogens is 5. The van der Waals surface area contributed by atoms with Crippen molar-refractivity contribution in [1.82, 2.24) is 5.32 Å². The highest BCUT2D eigenvalue weighted by Gasteiger charge is 2.39. The standard InChI is InChI=1S/C11H11Cl2F3N2O/c1-10(9(17)19,18-5-11(14,15)16)6-3-2-4-7(12)8(6)13/h2-4,18H,5H2,1H3,(H2,17,19). The molecule has 0 spiro atoms. The van der Waals surface area contributed by atoms with Crippen LogP contribution in [0.3, 0.4) is 0 Å². The Labute approximate surface area is 117 Å². The Balaban J connectivity index is 3.19. The van der Waals surface area contributed by atoms with E-state index in [-0.39, 0.29) is 15.6 Å². The summed E-state index contributed by atoms with van der Waals surface area (Å²) in [6.45, 7) is -0.159. The van der Waals surface area contributed by atoms with Crippen molar-refractivity contribution in [3.63, 3.8) is 0 Å². The third kappa shape index (κ3) is 3.75. The Hall–Kier alpha value is -0.980. The first-order valence-corrected chi connectivity index (χ1v) is 5.89. The van der Waals surface area contributed by atoms with Crippen molar-refractivity contribution in [1.29, 1.82) is 0 Å². The van der Waals surface area contributed by atoms with Crippen molar-refractivity contribution in [2.75, 3.05) is 6.54 Å². The average Bonchev–Trinajstić information content (AvgIpc) is 2.28. The lowest BCUT2D eigenvalue weighted by molar-refractivity contribution is -0.135. The predicted molar refractivity (Wildman–Crippen MR) is 67.1 cm³/mol. The van der Waals surface area contributed by atoms with E-state index in [4.69, 9.17) is 28.9 Å². The van der Waals surface area contributed by atoms with Crippen molar-refractivity contribution >= 4 is 29.1 Å². The molecule has 0 heterocycles. The number of nitrogens with one attached hydrogen (secondary N) is 1. The van der Waals surface area contributed by atoms with Gasteiger partial charge in [0.1, 0.15) is 5.54 Å². The molecule has 0 saturated carbocycles. The molecule has 1 amide bonds. The van der Waals surface area contributed by atoms with Crippen molar-refractivity contribution in [2.45, 2.75) is 18.6 Å². The number of hydrogen-bond donors (Lipinski definition) is 2. The van der Waals surface area contributed by atoms with Gasteiger partial charge in [-0.3, -0.25) is 10.1 Å². The van der Waals surface area contributed by atoms with Gasteiger partial charge >= 0.3 is 6.18 Å². The summed E-state index contributed by atoms with van der Waals surface area (Å²) in [5.41, 5.74) is 3.51. The summed E-state index contributed by atoms with van der Waals surface area (Å²) < 4.78 is 36.8. The quantitative estimate of drug-likeness (QED) is 0.898. The van der Waals surface area contributed by atoms with Crippen LogP contribution in [0.1, 0.15) is 12.5 Å². The molecule has 0 aromatic heterocycles. The predicted octanol–water partition coefficient (Wildman–Crippen LogP) is 2.85. The molecule has 0 aliphatic heterocycles.